The van der Waals surface area contributed by atoms with E-state index in [4.69, 9.17) is 0 Å². The Bertz CT molecular complexity index is 612. The lowest BCUT2D eigenvalue weighted by molar-refractivity contribution is -0.152. The number of amides is 4. The molecule has 150 valence electrons. The molecule has 0 bridgehead atoms. The Kier molecular flexibility index (Phi) is 10.6. The fourth-order valence-electron chi connectivity index (χ4n) is 2.25. The molecule has 9 heteroatoms. The van der Waals surface area contributed by atoms with E-state index in [0.29, 0.717) is 11.3 Å². The van der Waals surface area contributed by atoms with Crippen molar-refractivity contribution in [1.29, 1.82) is 0 Å². The molecule has 4 amide bonds. The third-order valence-electron chi connectivity index (χ3n) is 3.42. The van der Waals surface area contributed by atoms with Crippen molar-refractivity contribution in [1.82, 2.24) is 9.80 Å². The number of hydrogen-bond donors (Lipinski definition) is 0. The largest absolute Gasteiger partial charge is 0.299 e. The number of carbonyl (C=O) groups is 7. The average Bonchev–Trinajstić information content (AvgIpc) is 2.48. The Balaban J connectivity index is 5.40. The van der Waals surface area contributed by atoms with Crippen molar-refractivity contribution in [2.45, 2.75) is 59.8 Å². The number of carbonyl (C=O) groups excluding carboxylic acids is 7. The van der Waals surface area contributed by atoms with Crippen LogP contribution in [0.1, 0.15) is 59.8 Å². The van der Waals surface area contributed by atoms with Crippen LogP contribution in [-0.4, -0.2) is 63.9 Å². The van der Waals surface area contributed by atoms with Crippen molar-refractivity contribution in [2.24, 2.45) is 0 Å². The summed E-state index contributed by atoms with van der Waals surface area (Å²) in [6.45, 7) is 4.65. The molecule has 0 N–H and O–H groups in total. The Morgan fingerprint density at radius 1 is 0.556 bits per heavy atom. The third kappa shape index (κ3) is 9.53. The second kappa shape index (κ2) is 11.8. The Labute approximate surface area is 158 Å². The van der Waals surface area contributed by atoms with Gasteiger partial charge in [-0.05, 0) is 27.2 Å². The summed E-state index contributed by atoms with van der Waals surface area (Å²) < 4.78 is 0. The van der Waals surface area contributed by atoms with Gasteiger partial charge in [0.1, 0.15) is 17.3 Å². The van der Waals surface area contributed by atoms with E-state index in [0.717, 1.165) is 4.90 Å². The van der Waals surface area contributed by atoms with Crippen LogP contribution in [0.15, 0.2) is 0 Å². The number of imide groups is 2. The average molecular weight is 382 g/mol. The molecule has 0 rings (SSSR count). The van der Waals surface area contributed by atoms with E-state index in [2.05, 4.69) is 0 Å². The highest BCUT2D eigenvalue weighted by atomic mass is 16.2. The van der Waals surface area contributed by atoms with E-state index in [1.807, 2.05) is 0 Å². The molecule has 0 aromatic carbocycles. The molecule has 0 aliphatic carbocycles. The molecule has 0 heterocycles. The molecule has 0 radical (unpaired) electrons. The molecule has 0 saturated heterocycles. The van der Waals surface area contributed by atoms with Gasteiger partial charge in [-0.15, -0.1) is 0 Å². The number of nitrogens with zero attached hydrogens (tertiary/aromatic N) is 2. The van der Waals surface area contributed by atoms with Crippen LogP contribution in [0.3, 0.4) is 0 Å². The summed E-state index contributed by atoms with van der Waals surface area (Å²) in [5.41, 5.74) is 0. The van der Waals surface area contributed by atoms with Crippen LogP contribution in [0.25, 0.3) is 0 Å². The Morgan fingerprint density at radius 3 is 1.11 bits per heavy atom. The quantitative estimate of drug-likeness (QED) is 0.474. The summed E-state index contributed by atoms with van der Waals surface area (Å²) in [6, 6.07) is 0. The predicted octanol–water partition coefficient (Wildman–Crippen LogP) is 0.434. The SMILES string of the molecule is CCCC(=O)N(CCN(C(=O)CC(C)=O)C(=O)CC(C)=O)C(=O)CC(C)=O. The van der Waals surface area contributed by atoms with Gasteiger partial charge in [-0.3, -0.25) is 43.4 Å². The summed E-state index contributed by atoms with van der Waals surface area (Å²) >= 11 is 0. The second-order valence-electron chi connectivity index (χ2n) is 6.26. The van der Waals surface area contributed by atoms with Gasteiger partial charge in [0.15, 0.2) is 0 Å². The zero-order chi connectivity index (χ0) is 21.1. The second-order valence-corrected chi connectivity index (χ2v) is 6.26. The lowest BCUT2D eigenvalue weighted by atomic mass is 10.2. The number of hydrogen-bond acceptors (Lipinski definition) is 7. The van der Waals surface area contributed by atoms with Crippen molar-refractivity contribution >= 4 is 41.0 Å². The minimum absolute atomic E-state index is 0.0619. The molecule has 0 aromatic rings. The van der Waals surface area contributed by atoms with Crippen LogP contribution < -0.4 is 0 Å². The zero-order valence-electron chi connectivity index (χ0n) is 16.2. The highest BCUT2D eigenvalue weighted by molar-refractivity contribution is 6.08. The summed E-state index contributed by atoms with van der Waals surface area (Å²) in [5, 5.41) is 0. The van der Waals surface area contributed by atoms with Gasteiger partial charge >= 0.3 is 0 Å². The Morgan fingerprint density at radius 2 is 0.852 bits per heavy atom. The minimum Gasteiger partial charge on any atom is -0.299 e. The number of Topliss-reactive ketones (excluding diaryl/α,β-unsaturated/α-hetero) is 3. The van der Waals surface area contributed by atoms with E-state index in [9.17, 15) is 33.6 Å². The smallest absolute Gasteiger partial charge is 0.236 e. The first-order valence-corrected chi connectivity index (χ1v) is 8.64. The summed E-state index contributed by atoms with van der Waals surface area (Å²) in [5.74, 6) is -4.22. The first-order valence-electron chi connectivity index (χ1n) is 8.64. The standard InChI is InChI=1S/C18H26N2O7/c1-5-6-15(24)19(16(25)9-12(2)21)7-8-20(17(26)10-13(3)22)18(27)11-14(4)23/h5-11H2,1-4H3. The van der Waals surface area contributed by atoms with Crippen molar-refractivity contribution < 1.29 is 33.6 Å². The molecule has 0 atom stereocenters. The molecule has 0 spiro atoms. The van der Waals surface area contributed by atoms with E-state index >= 15 is 0 Å². The van der Waals surface area contributed by atoms with Gasteiger partial charge in [0.05, 0.1) is 19.3 Å². The van der Waals surface area contributed by atoms with E-state index in [1.54, 1.807) is 6.92 Å². The van der Waals surface area contributed by atoms with Crippen molar-refractivity contribution in [2.75, 3.05) is 13.1 Å². The maximum atomic E-state index is 12.2. The molecule has 0 unspecified atom stereocenters. The Hall–Kier alpha value is -2.71. The van der Waals surface area contributed by atoms with Gasteiger partial charge in [-0.2, -0.15) is 0 Å². The molecular weight excluding hydrogens is 356 g/mol. The van der Waals surface area contributed by atoms with Crippen LogP contribution in [-0.2, 0) is 33.6 Å². The first kappa shape index (κ1) is 24.3. The summed E-state index contributed by atoms with van der Waals surface area (Å²) in [7, 11) is 0. The van der Waals surface area contributed by atoms with Crippen LogP contribution in [0, 0.1) is 0 Å². The summed E-state index contributed by atoms with van der Waals surface area (Å²) in [6.07, 6.45) is -1.01. The van der Waals surface area contributed by atoms with E-state index in [-0.39, 0.29) is 19.5 Å². The van der Waals surface area contributed by atoms with Gasteiger partial charge in [0.25, 0.3) is 0 Å². The lowest BCUT2D eigenvalue weighted by Crippen LogP contribution is -2.46. The number of ketones is 3. The van der Waals surface area contributed by atoms with Crippen molar-refractivity contribution in [3.05, 3.63) is 0 Å². The van der Waals surface area contributed by atoms with Gasteiger partial charge in [0, 0.05) is 19.5 Å². The van der Waals surface area contributed by atoms with Crippen LogP contribution in [0.5, 0.6) is 0 Å². The van der Waals surface area contributed by atoms with Crippen molar-refractivity contribution in [3.63, 3.8) is 0 Å². The highest BCUT2D eigenvalue weighted by Crippen LogP contribution is 2.06. The van der Waals surface area contributed by atoms with Gasteiger partial charge in [-0.25, -0.2) is 0 Å². The molecule has 0 saturated carbocycles. The van der Waals surface area contributed by atoms with Gasteiger partial charge < -0.3 is 0 Å². The molecule has 27 heavy (non-hydrogen) atoms. The zero-order valence-corrected chi connectivity index (χ0v) is 16.2. The normalized spacial score (nSPS) is 10.1. The topological polar surface area (TPSA) is 126 Å². The van der Waals surface area contributed by atoms with Gasteiger partial charge in [-0.1, -0.05) is 6.92 Å². The van der Waals surface area contributed by atoms with Crippen LogP contribution in [0.2, 0.25) is 0 Å². The lowest BCUT2D eigenvalue weighted by Gasteiger charge is -2.25. The first-order chi connectivity index (χ1) is 12.5. The molecule has 0 aliphatic heterocycles. The fourth-order valence-corrected chi connectivity index (χ4v) is 2.25. The van der Waals surface area contributed by atoms with Gasteiger partial charge in [0.2, 0.25) is 23.6 Å². The molecular formula is C18H26N2O7. The molecule has 0 aliphatic rings. The highest BCUT2D eigenvalue weighted by Gasteiger charge is 2.27. The predicted molar refractivity (Wildman–Crippen MR) is 94.2 cm³/mol. The van der Waals surface area contributed by atoms with Crippen LogP contribution in [0.4, 0.5) is 0 Å². The molecule has 0 aromatic heterocycles. The summed E-state index contributed by atoms with van der Waals surface area (Å²) in [4.78, 5) is 83.7. The molecule has 0 fully saturated rings. The van der Waals surface area contributed by atoms with Crippen molar-refractivity contribution in [3.8, 4) is 0 Å². The van der Waals surface area contributed by atoms with E-state index < -0.39 is 60.2 Å². The number of rotatable bonds is 11. The van der Waals surface area contributed by atoms with E-state index in [1.165, 1.54) is 20.8 Å². The maximum Gasteiger partial charge on any atom is 0.236 e. The minimum atomic E-state index is -0.810. The van der Waals surface area contributed by atoms with Crippen LogP contribution >= 0.6 is 0 Å². The molecule has 9 nitrogen and oxygen atoms in total. The third-order valence-corrected chi connectivity index (χ3v) is 3.42. The monoisotopic (exact) mass is 382 g/mol. The maximum absolute atomic E-state index is 12.2. The fraction of sp³-hybridized carbons (Fsp3) is 0.611.